The fourth-order valence-corrected chi connectivity index (χ4v) is 3.81. The maximum Gasteiger partial charge on any atom is 0.234 e. The molecular formula is C21H24FN3O2S. The molecule has 0 spiro atoms. The maximum absolute atomic E-state index is 14.3. The molecule has 0 bridgehead atoms. The van der Waals surface area contributed by atoms with E-state index in [-0.39, 0.29) is 29.0 Å². The van der Waals surface area contributed by atoms with Crippen LogP contribution in [0.25, 0.3) is 0 Å². The fourth-order valence-electron chi connectivity index (χ4n) is 3.19. The van der Waals surface area contributed by atoms with E-state index in [4.69, 9.17) is 0 Å². The van der Waals surface area contributed by atoms with Crippen molar-refractivity contribution in [2.75, 3.05) is 40.1 Å². The minimum atomic E-state index is -0.444. The molecule has 0 atom stereocenters. The van der Waals surface area contributed by atoms with E-state index >= 15 is 0 Å². The largest absolute Gasteiger partial charge is 0.370 e. The lowest BCUT2D eigenvalue weighted by Gasteiger charge is -2.22. The molecule has 0 saturated carbocycles. The van der Waals surface area contributed by atoms with Gasteiger partial charge in [-0.3, -0.25) is 9.59 Å². The number of hydrogen-bond donors (Lipinski definition) is 2. The van der Waals surface area contributed by atoms with E-state index in [1.54, 1.807) is 6.07 Å². The molecule has 0 aliphatic carbocycles. The van der Waals surface area contributed by atoms with Gasteiger partial charge in [0, 0.05) is 18.8 Å². The number of nitrogens with zero attached hydrogens (tertiary/aromatic N) is 1. The first kappa shape index (κ1) is 20.2. The monoisotopic (exact) mass is 401 g/mol. The third kappa shape index (κ3) is 5.48. The summed E-state index contributed by atoms with van der Waals surface area (Å²) in [6, 6.07) is 12.4. The molecule has 0 radical (unpaired) electrons. The first-order chi connectivity index (χ1) is 13.5. The van der Waals surface area contributed by atoms with Crippen molar-refractivity contribution in [3.8, 4) is 0 Å². The van der Waals surface area contributed by atoms with Gasteiger partial charge in [-0.05, 0) is 49.6 Å². The lowest BCUT2D eigenvalue weighted by Crippen LogP contribution is -2.23. The number of thioether (sulfide) groups is 1. The molecule has 1 fully saturated rings. The number of hydrogen-bond acceptors (Lipinski definition) is 4. The third-order valence-corrected chi connectivity index (χ3v) is 5.40. The molecule has 2 aromatic rings. The van der Waals surface area contributed by atoms with E-state index < -0.39 is 5.82 Å². The number of halogens is 1. The summed E-state index contributed by atoms with van der Waals surface area (Å²) in [5, 5.41) is 5.48. The molecule has 1 heterocycles. The van der Waals surface area contributed by atoms with Crippen LogP contribution in [0.3, 0.4) is 0 Å². The van der Waals surface area contributed by atoms with Crippen LogP contribution in [-0.2, 0) is 9.59 Å². The van der Waals surface area contributed by atoms with Gasteiger partial charge in [-0.2, -0.15) is 0 Å². The van der Waals surface area contributed by atoms with Crippen LogP contribution in [-0.4, -0.2) is 36.4 Å². The van der Waals surface area contributed by atoms with Crippen LogP contribution in [0, 0.1) is 12.7 Å². The summed E-state index contributed by atoms with van der Waals surface area (Å²) >= 11 is 1.20. The third-order valence-electron chi connectivity index (χ3n) is 4.47. The summed E-state index contributed by atoms with van der Waals surface area (Å²) in [5.74, 6) is -0.710. The lowest BCUT2D eigenvalue weighted by atomic mass is 10.2. The number of anilines is 3. The Kier molecular flexibility index (Phi) is 6.92. The van der Waals surface area contributed by atoms with Crippen molar-refractivity contribution in [2.24, 2.45) is 0 Å². The quantitative estimate of drug-likeness (QED) is 0.735. The highest BCUT2D eigenvalue weighted by Gasteiger charge is 2.19. The first-order valence-electron chi connectivity index (χ1n) is 9.30. The van der Waals surface area contributed by atoms with Crippen molar-refractivity contribution in [2.45, 2.75) is 19.8 Å². The van der Waals surface area contributed by atoms with E-state index in [1.807, 2.05) is 37.3 Å². The average molecular weight is 402 g/mol. The van der Waals surface area contributed by atoms with E-state index in [2.05, 4.69) is 15.5 Å². The summed E-state index contributed by atoms with van der Waals surface area (Å²) < 4.78 is 14.3. The summed E-state index contributed by atoms with van der Waals surface area (Å²) in [6.07, 6.45) is 2.13. The molecule has 28 heavy (non-hydrogen) atoms. The van der Waals surface area contributed by atoms with Crippen LogP contribution >= 0.6 is 11.8 Å². The minimum absolute atomic E-state index is 0.0784. The zero-order chi connectivity index (χ0) is 19.9. The van der Waals surface area contributed by atoms with Gasteiger partial charge < -0.3 is 15.5 Å². The predicted octanol–water partition coefficient (Wildman–Crippen LogP) is 4.04. The molecule has 2 amide bonds. The Balaban J connectivity index is 1.50. The van der Waals surface area contributed by atoms with Gasteiger partial charge in [0.1, 0.15) is 11.5 Å². The number of para-hydroxylation sites is 1. The molecule has 3 rings (SSSR count). The molecule has 7 heteroatoms. The number of benzene rings is 2. The molecule has 2 aromatic carbocycles. The topological polar surface area (TPSA) is 61.4 Å². The normalized spacial score (nSPS) is 13.4. The number of carbonyl (C=O) groups is 2. The van der Waals surface area contributed by atoms with Gasteiger partial charge >= 0.3 is 0 Å². The van der Waals surface area contributed by atoms with Crippen LogP contribution < -0.4 is 15.5 Å². The van der Waals surface area contributed by atoms with Crippen molar-refractivity contribution >= 4 is 40.6 Å². The second kappa shape index (κ2) is 9.59. The van der Waals surface area contributed by atoms with Gasteiger partial charge in [0.05, 0.1) is 17.2 Å². The van der Waals surface area contributed by atoms with Gasteiger partial charge in [0.25, 0.3) is 0 Å². The Hall–Kier alpha value is -2.54. The number of nitrogens with one attached hydrogen (secondary N) is 2. The van der Waals surface area contributed by atoms with Gasteiger partial charge in [-0.1, -0.05) is 18.2 Å². The van der Waals surface area contributed by atoms with Crippen LogP contribution in [0.2, 0.25) is 0 Å². The number of aryl methyl sites for hydroxylation is 1. The second-order valence-corrected chi connectivity index (χ2v) is 7.77. The summed E-state index contributed by atoms with van der Waals surface area (Å²) in [6.45, 7) is 3.67. The summed E-state index contributed by atoms with van der Waals surface area (Å²) in [5.41, 5.74) is 2.73. The summed E-state index contributed by atoms with van der Waals surface area (Å²) in [4.78, 5) is 26.4. The van der Waals surface area contributed by atoms with Crippen molar-refractivity contribution in [3.63, 3.8) is 0 Å². The van der Waals surface area contributed by atoms with E-state index in [0.29, 0.717) is 5.69 Å². The molecule has 1 aliphatic heterocycles. The van der Waals surface area contributed by atoms with Crippen LogP contribution in [0.1, 0.15) is 18.4 Å². The average Bonchev–Trinajstić information content (AvgIpc) is 3.18. The fraction of sp³-hybridized carbons (Fsp3) is 0.333. The highest BCUT2D eigenvalue weighted by molar-refractivity contribution is 8.00. The minimum Gasteiger partial charge on any atom is -0.370 e. The zero-order valence-corrected chi connectivity index (χ0v) is 16.7. The highest BCUT2D eigenvalue weighted by atomic mass is 32.2. The second-order valence-electron chi connectivity index (χ2n) is 6.79. The Bertz CT molecular complexity index is 853. The number of carbonyl (C=O) groups excluding carboxylic acids is 2. The van der Waals surface area contributed by atoms with Gasteiger partial charge in [0.2, 0.25) is 11.8 Å². The van der Waals surface area contributed by atoms with Gasteiger partial charge in [-0.25, -0.2) is 4.39 Å². The number of rotatable bonds is 7. The molecule has 1 aliphatic rings. The van der Waals surface area contributed by atoms with E-state index in [9.17, 15) is 14.0 Å². The Morgan fingerprint density at radius 1 is 1.04 bits per heavy atom. The maximum atomic E-state index is 14.3. The number of amides is 2. The molecule has 0 aromatic heterocycles. The predicted molar refractivity (Wildman–Crippen MR) is 114 cm³/mol. The SMILES string of the molecule is Cc1cccc(NC(=O)CSCC(=O)Nc2c(F)cccc2N2CCCC2)c1. The smallest absolute Gasteiger partial charge is 0.234 e. The van der Waals surface area contributed by atoms with Crippen LogP contribution in [0.15, 0.2) is 42.5 Å². The molecule has 5 nitrogen and oxygen atoms in total. The Labute approximate surface area is 168 Å². The molecule has 2 N–H and O–H groups in total. The lowest BCUT2D eigenvalue weighted by molar-refractivity contribution is -0.114. The summed E-state index contributed by atoms with van der Waals surface area (Å²) in [7, 11) is 0. The van der Waals surface area contributed by atoms with Gasteiger partial charge in [0.15, 0.2) is 0 Å². The zero-order valence-electron chi connectivity index (χ0n) is 15.8. The highest BCUT2D eigenvalue weighted by Crippen LogP contribution is 2.31. The Morgan fingerprint density at radius 2 is 1.71 bits per heavy atom. The van der Waals surface area contributed by atoms with E-state index in [1.165, 1.54) is 17.8 Å². The van der Waals surface area contributed by atoms with Crippen molar-refractivity contribution in [1.29, 1.82) is 0 Å². The van der Waals surface area contributed by atoms with Crippen LogP contribution in [0.5, 0.6) is 0 Å². The van der Waals surface area contributed by atoms with Crippen molar-refractivity contribution in [1.82, 2.24) is 0 Å². The molecular weight excluding hydrogens is 377 g/mol. The molecule has 148 valence electrons. The molecule has 1 saturated heterocycles. The Morgan fingerprint density at radius 3 is 2.43 bits per heavy atom. The molecule has 0 unspecified atom stereocenters. The van der Waals surface area contributed by atoms with Crippen molar-refractivity contribution in [3.05, 3.63) is 53.8 Å². The standard InChI is InChI=1S/C21H24FN3O2S/c1-15-6-4-7-16(12-15)23-19(26)13-28-14-20(27)24-21-17(22)8-5-9-18(21)25-10-2-3-11-25/h4-9,12H,2-3,10-11,13-14H2,1H3,(H,23,26)(H,24,27). The van der Waals surface area contributed by atoms with E-state index in [0.717, 1.165) is 37.2 Å². The van der Waals surface area contributed by atoms with Crippen molar-refractivity contribution < 1.29 is 14.0 Å². The first-order valence-corrected chi connectivity index (χ1v) is 10.5. The van der Waals surface area contributed by atoms with Gasteiger partial charge in [-0.15, -0.1) is 11.8 Å². The van der Waals surface area contributed by atoms with Crippen LogP contribution in [0.4, 0.5) is 21.5 Å².